The molecule has 5 nitrogen and oxygen atoms in total. The number of carbonyl (C=O) groups is 1. The minimum Gasteiger partial charge on any atom is -0.352 e. The Labute approximate surface area is 162 Å². The minimum absolute atomic E-state index is 0.0311. The molecule has 0 aliphatic carbocycles. The molecule has 1 amide bonds. The van der Waals surface area contributed by atoms with Crippen molar-refractivity contribution in [2.75, 3.05) is 11.0 Å². The standard InChI is InChI=1S/C21H28N2O3S/c1-21(2,3)18-11-8-16(9-12-18)10-13-20(24)22-15-17-6-5-7-19(14-17)23-27(4,25)26/h5-9,11-12,14,23H,10,13,15H2,1-4H3,(H,22,24). The molecule has 0 radical (unpaired) electrons. The fourth-order valence-corrected chi connectivity index (χ4v) is 3.23. The van der Waals surface area contributed by atoms with Gasteiger partial charge in [-0.1, -0.05) is 57.2 Å². The van der Waals surface area contributed by atoms with Crippen molar-refractivity contribution >= 4 is 21.6 Å². The third-order valence-electron chi connectivity index (χ3n) is 4.18. The highest BCUT2D eigenvalue weighted by Gasteiger charge is 2.13. The van der Waals surface area contributed by atoms with Gasteiger partial charge in [0.15, 0.2) is 0 Å². The number of aryl methyl sites for hydroxylation is 1. The summed E-state index contributed by atoms with van der Waals surface area (Å²) in [7, 11) is -3.31. The fourth-order valence-electron chi connectivity index (χ4n) is 2.68. The molecule has 0 aromatic heterocycles. The molecule has 27 heavy (non-hydrogen) atoms. The van der Waals surface area contributed by atoms with E-state index in [1.165, 1.54) is 5.56 Å². The molecule has 2 aromatic rings. The smallest absolute Gasteiger partial charge is 0.229 e. The van der Waals surface area contributed by atoms with Crippen LogP contribution in [0.5, 0.6) is 0 Å². The van der Waals surface area contributed by atoms with E-state index in [-0.39, 0.29) is 11.3 Å². The van der Waals surface area contributed by atoms with E-state index in [0.717, 1.165) is 17.4 Å². The molecule has 6 heteroatoms. The quantitative estimate of drug-likeness (QED) is 0.761. The lowest BCUT2D eigenvalue weighted by Gasteiger charge is -2.19. The van der Waals surface area contributed by atoms with Gasteiger partial charge in [0.05, 0.1) is 6.26 Å². The molecule has 0 atom stereocenters. The maximum atomic E-state index is 12.1. The molecule has 2 rings (SSSR count). The van der Waals surface area contributed by atoms with Crippen LogP contribution >= 0.6 is 0 Å². The Balaban J connectivity index is 1.84. The zero-order chi connectivity index (χ0) is 20.1. The molecule has 0 aliphatic rings. The van der Waals surface area contributed by atoms with Gasteiger partial charge in [-0.05, 0) is 40.7 Å². The van der Waals surface area contributed by atoms with Crippen LogP contribution in [0.2, 0.25) is 0 Å². The highest BCUT2D eigenvalue weighted by molar-refractivity contribution is 7.92. The fraction of sp³-hybridized carbons (Fsp3) is 0.381. The normalized spacial score (nSPS) is 11.9. The van der Waals surface area contributed by atoms with Crippen molar-refractivity contribution in [3.05, 3.63) is 65.2 Å². The van der Waals surface area contributed by atoms with E-state index in [0.29, 0.717) is 25.1 Å². The van der Waals surface area contributed by atoms with Crippen LogP contribution in [-0.4, -0.2) is 20.6 Å². The average Bonchev–Trinajstić information content (AvgIpc) is 2.56. The maximum Gasteiger partial charge on any atom is 0.229 e. The second-order valence-electron chi connectivity index (χ2n) is 7.80. The van der Waals surface area contributed by atoms with Gasteiger partial charge in [0.1, 0.15) is 0 Å². The van der Waals surface area contributed by atoms with Crippen LogP contribution in [0.3, 0.4) is 0 Å². The van der Waals surface area contributed by atoms with E-state index >= 15 is 0 Å². The lowest BCUT2D eigenvalue weighted by Crippen LogP contribution is -2.23. The molecule has 2 aromatic carbocycles. The van der Waals surface area contributed by atoms with Crippen molar-refractivity contribution in [2.45, 2.75) is 45.6 Å². The van der Waals surface area contributed by atoms with Crippen LogP contribution in [-0.2, 0) is 33.2 Å². The van der Waals surface area contributed by atoms with E-state index in [1.54, 1.807) is 18.2 Å². The van der Waals surface area contributed by atoms with Crippen molar-refractivity contribution in [3.8, 4) is 0 Å². The van der Waals surface area contributed by atoms with Gasteiger partial charge in [0, 0.05) is 18.7 Å². The van der Waals surface area contributed by atoms with Crippen LogP contribution in [0.1, 0.15) is 43.9 Å². The van der Waals surface area contributed by atoms with Crippen molar-refractivity contribution in [1.82, 2.24) is 5.32 Å². The van der Waals surface area contributed by atoms with E-state index in [2.05, 4.69) is 55.1 Å². The average molecular weight is 389 g/mol. The third-order valence-corrected chi connectivity index (χ3v) is 4.79. The van der Waals surface area contributed by atoms with Crippen LogP contribution in [0.25, 0.3) is 0 Å². The Morgan fingerprint density at radius 1 is 1.00 bits per heavy atom. The van der Waals surface area contributed by atoms with Crippen LogP contribution in [0, 0.1) is 0 Å². The number of rotatable bonds is 7. The van der Waals surface area contributed by atoms with E-state index in [1.807, 2.05) is 6.07 Å². The lowest BCUT2D eigenvalue weighted by atomic mass is 9.86. The monoisotopic (exact) mass is 388 g/mol. The van der Waals surface area contributed by atoms with E-state index in [4.69, 9.17) is 0 Å². The number of sulfonamides is 1. The Morgan fingerprint density at radius 3 is 2.26 bits per heavy atom. The van der Waals surface area contributed by atoms with Crippen molar-refractivity contribution in [1.29, 1.82) is 0 Å². The number of hydrogen-bond acceptors (Lipinski definition) is 3. The summed E-state index contributed by atoms with van der Waals surface area (Å²) in [4.78, 5) is 12.1. The molecule has 146 valence electrons. The van der Waals surface area contributed by atoms with E-state index < -0.39 is 10.0 Å². The highest BCUT2D eigenvalue weighted by atomic mass is 32.2. The molecule has 0 saturated heterocycles. The summed E-state index contributed by atoms with van der Waals surface area (Å²) >= 11 is 0. The molecular formula is C21H28N2O3S. The number of nitrogens with one attached hydrogen (secondary N) is 2. The number of anilines is 1. The molecule has 0 saturated carbocycles. The van der Waals surface area contributed by atoms with Crippen LogP contribution in [0.4, 0.5) is 5.69 Å². The van der Waals surface area contributed by atoms with Gasteiger partial charge in [-0.25, -0.2) is 8.42 Å². The van der Waals surface area contributed by atoms with Crippen molar-refractivity contribution in [3.63, 3.8) is 0 Å². The lowest BCUT2D eigenvalue weighted by molar-refractivity contribution is -0.121. The van der Waals surface area contributed by atoms with Crippen LogP contribution < -0.4 is 10.0 Å². The second-order valence-corrected chi connectivity index (χ2v) is 9.55. The SMILES string of the molecule is CC(C)(C)c1ccc(CCC(=O)NCc2cccc(NS(C)(=O)=O)c2)cc1. The first kappa shape index (κ1) is 21.0. The molecule has 0 spiro atoms. The zero-order valence-corrected chi connectivity index (χ0v) is 17.2. The second kappa shape index (κ2) is 8.57. The topological polar surface area (TPSA) is 75.3 Å². The molecule has 0 heterocycles. The Bertz CT molecular complexity index is 882. The van der Waals surface area contributed by atoms with Gasteiger partial charge in [0.2, 0.25) is 15.9 Å². The summed E-state index contributed by atoms with van der Waals surface area (Å²) in [6.07, 6.45) is 2.21. The van der Waals surface area contributed by atoms with Gasteiger partial charge in [-0.15, -0.1) is 0 Å². The summed E-state index contributed by atoms with van der Waals surface area (Å²) in [6.45, 7) is 6.89. The maximum absolute atomic E-state index is 12.1. The number of amides is 1. The van der Waals surface area contributed by atoms with E-state index in [9.17, 15) is 13.2 Å². The number of hydrogen-bond donors (Lipinski definition) is 2. The Kier molecular flexibility index (Phi) is 6.65. The first-order chi connectivity index (χ1) is 12.5. The highest BCUT2D eigenvalue weighted by Crippen LogP contribution is 2.22. The molecule has 0 aliphatic heterocycles. The van der Waals surface area contributed by atoms with Crippen molar-refractivity contribution in [2.24, 2.45) is 0 Å². The molecule has 0 unspecified atom stereocenters. The minimum atomic E-state index is -3.31. The van der Waals surface area contributed by atoms with Crippen LogP contribution in [0.15, 0.2) is 48.5 Å². The third kappa shape index (κ3) is 7.43. The molecule has 2 N–H and O–H groups in total. The predicted octanol–water partition coefficient (Wildman–Crippen LogP) is 3.60. The largest absolute Gasteiger partial charge is 0.352 e. The first-order valence-electron chi connectivity index (χ1n) is 8.96. The van der Waals surface area contributed by atoms with Gasteiger partial charge in [-0.2, -0.15) is 0 Å². The predicted molar refractivity (Wildman–Crippen MR) is 110 cm³/mol. The summed E-state index contributed by atoms with van der Waals surface area (Å²) < 4.78 is 25.0. The molecule has 0 fully saturated rings. The van der Waals surface area contributed by atoms with Gasteiger partial charge in [0.25, 0.3) is 0 Å². The first-order valence-corrected chi connectivity index (χ1v) is 10.8. The summed E-state index contributed by atoms with van der Waals surface area (Å²) in [5, 5.41) is 2.88. The summed E-state index contributed by atoms with van der Waals surface area (Å²) in [6, 6.07) is 15.4. The van der Waals surface area contributed by atoms with Gasteiger partial charge >= 0.3 is 0 Å². The number of benzene rings is 2. The number of carbonyl (C=O) groups excluding carboxylic acids is 1. The molecular weight excluding hydrogens is 360 g/mol. The summed E-state index contributed by atoms with van der Waals surface area (Å²) in [5.74, 6) is -0.0311. The van der Waals surface area contributed by atoms with Gasteiger partial charge in [-0.3, -0.25) is 9.52 Å². The van der Waals surface area contributed by atoms with Gasteiger partial charge < -0.3 is 5.32 Å². The summed E-state index contributed by atoms with van der Waals surface area (Å²) in [5.41, 5.74) is 3.86. The van der Waals surface area contributed by atoms with Crippen molar-refractivity contribution < 1.29 is 13.2 Å². The zero-order valence-electron chi connectivity index (χ0n) is 16.4. The molecule has 0 bridgehead atoms. The Hall–Kier alpha value is -2.34. The Morgan fingerprint density at radius 2 is 1.67 bits per heavy atom.